The van der Waals surface area contributed by atoms with Crippen LogP contribution in [0.4, 0.5) is 5.69 Å². The van der Waals surface area contributed by atoms with Crippen LogP contribution in [0.1, 0.15) is 25.1 Å². The van der Waals surface area contributed by atoms with E-state index in [1.54, 1.807) is 13.4 Å². The van der Waals surface area contributed by atoms with Crippen LogP contribution < -0.4 is 20.3 Å². The Balaban J connectivity index is 1.84. The monoisotopic (exact) mass is 347 g/mol. The van der Waals surface area contributed by atoms with Crippen LogP contribution in [0.15, 0.2) is 47.1 Å². The molecule has 0 bridgehead atoms. The van der Waals surface area contributed by atoms with E-state index in [-0.39, 0.29) is 18.0 Å². The number of anilines is 1. The molecule has 0 saturated carbocycles. The van der Waals surface area contributed by atoms with Crippen molar-refractivity contribution < 1.29 is 24.2 Å². The summed E-state index contributed by atoms with van der Waals surface area (Å²) >= 11 is 0. The number of nitrogens with one attached hydrogen (secondary N) is 2. The van der Waals surface area contributed by atoms with Crippen molar-refractivity contribution in [2.24, 2.45) is 0 Å². The van der Waals surface area contributed by atoms with Crippen molar-refractivity contribution in [3.8, 4) is 5.75 Å². The van der Waals surface area contributed by atoms with Gasteiger partial charge in [0.1, 0.15) is 12.3 Å². The summed E-state index contributed by atoms with van der Waals surface area (Å²) in [5.74, 6) is 1.63. The maximum absolute atomic E-state index is 12.3. The number of hydrogen-bond acceptors (Lipinski definition) is 3. The molecule has 2 atom stereocenters. The summed E-state index contributed by atoms with van der Waals surface area (Å²) in [5.41, 5.74) is 0.702. The molecule has 1 heterocycles. The van der Waals surface area contributed by atoms with Crippen LogP contribution in [0, 0.1) is 0 Å². The molecule has 0 spiro atoms. The minimum absolute atomic E-state index is 0.0139. The molecule has 1 aromatic heterocycles. The average Bonchev–Trinajstić information content (AvgIpc) is 3.09. The fourth-order valence-electron chi connectivity index (χ4n) is 2.82. The first-order valence-corrected chi connectivity index (χ1v) is 8.61. The minimum atomic E-state index is -0.0139. The number of amides is 1. The fourth-order valence-corrected chi connectivity index (χ4v) is 2.82. The largest absolute Gasteiger partial charge is 0.495 e. The van der Waals surface area contributed by atoms with Crippen LogP contribution in [-0.4, -0.2) is 39.7 Å². The van der Waals surface area contributed by atoms with Gasteiger partial charge >= 0.3 is 0 Å². The molecular weight excluding hydrogens is 318 g/mol. The maximum Gasteiger partial charge on any atom is 0.230 e. The van der Waals surface area contributed by atoms with E-state index in [1.807, 2.05) is 36.4 Å². The van der Waals surface area contributed by atoms with Gasteiger partial charge in [0.25, 0.3) is 0 Å². The first-order chi connectivity index (χ1) is 12.0. The number of methoxy groups -OCH3 is 1. The summed E-state index contributed by atoms with van der Waals surface area (Å²) in [5, 5.41) is 5.12. The van der Waals surface area contributed by atoms with E-state index in [0.29, 0.717) is 17.9 Å². The van der Waals surface area contributed by atoms with Crippen molar-refractivity contribution in [3.05, 3.63) is 48.4 Å². The summed E-state index contributed by atoms with van der Waals surface area (Å²) in [6.07, 6.45) is 2.14. The van der Waals surface area contributed by atoms with Crippen LogP contribution in [0.5, 0.6) is 5.75 Å². The highest BCUT2D eigenvalue weighted by molar-refractivity contribution is 5.92. The Morgan fingerprint density at radius 2 is 2.04 bits per heavy atom. The van der Waals surface area contributed by atoms with E-state index >= 15 is 0 Å². The second-order valence-electron chi connectivity index (χ2n) is 6.55. The first kappa shape index (κ1) is 19.0. The number of furan rings is 1. The highest BCUT2D eigenvalue weighted by atomic mass is 16.5. The molecular formula is C19H29N3O3+2. The third-order valence-electron chi connectivity index (χ3n) is 4.25. The van der Waals surface area contributed by atoms with E-state index < -0.39 is 0 Å². The molecule has 6 heteroatoms. The van der Waals surface area contributed by atoms with Crippen LogP contribution in [0.2, 0.25) is 0 Å². The standard InChI is InChI=1S/C19H27N3O3/c1-14(20-13-16(22(2)3)18-10-7-11-25-18)12-19(23)21-15-8-5-6-9-17(15)24-4/h5-11,14,16,20H,12-13H2,1-4H3,(H,21,23)/p+2/t14-,16+/m0/s1. The molecule has 0 fully saturated rings. The summed E-state index contributed by atoms with van der Waals surface area (Å²) in [4.78, 5) is 13.6. The predicted octanol–water partition coefficient (Wildman–Crippen LogP) is 0.455. The van der Waals surface area contributed by atoms with Gasteiger partial charge in [0.2, 0.25) is 5.91 Å². The van der Waals surface area contributed by atoms with Gasteiger partial charge in [0, 0.05) is 0 Å². The van der Waals surface area contributed by atoms with Crippen LogP contribution >= 0.6 is 0 Å². The van der Waals surface area contributed by atoms with E-state index in [9.17, 15) is 4.79 Å². The van der Waals surface area contributed by atoms with Crippen LogP contribution in [0.3, 0.4) is 0 Å². The zero-order valence-electron chi connectivity index (χ0n) is 15.4. The number of likely N-dealkylation sites (N-methyl/N-ethyl adjacent to an activating group) is 1. The Hall–Kier alpha value is -2.31. The zero-order valence-corrected chi connectivity index (χ0v) is 15.4. The van der Waals surface area contributed by atoms with E-state index in [4.69, 9.17) is 9.15 Å². The van der Waals surface area contributed by atoms with Crippen molar-refractivity contribution in [3.63, 3.8) is 0 Å². The maximum atomic E-state index is 12.3. The molecule has 25 heavy (non-hydrogen) atoms. The molecule has 0 aliphatic carbocycles. The average molecular weight is 347 g/mol. The lowest BCUT2D eigenvalue weighted by molar-refractivity contribution is -0.912. The Morgan fingerprint density at radius 3 is 2.68 bits per heavy atom. The lowest BCUT2D eigenvalue weighted by Gasteiger charge is -2.20. The SMILES string of the molecule is COc1ccccc1NC(=O)C[C@H](C)[NH2+]C[C@H](c1ccco1)[NH+](C)C. The molecule has 6 nitrogen and oxygen atoms in total. The van der Waals surface area contributed by atoms with Gasteiger partial charge in [0.05, 0.1) is 45.6 Å². The highest BCUT2D eigenvalue weighted by Gasteiger charge is 2.24. The van der Waals surface area contributed by atoms with Crippen molar-refractivity contribution >= 4 is 11.6 Å². The number of para-hydroxylation sites is 2. The molecule has 1 amide bonds. The van der Waals surface area contributed by atoms with Crippen molar-refractivity contribution in [2.45, 2.75) is 25.4 Å². The Bertz CT molecular complexity index is 656. The van der Waals surface area contributed by atoms with Crippen molar-refractivity contribution in [1.82, 2.24) is 0 Å². The van der Waals surface area contributed by atoms with Gasteiger partial charge in [-0.15, -0.1) is 0 Å². The quantitative estimate of drug-likeness (QED) is 0.617. The normalized spacial score (nSPS) is 13.5. The molecule has 0 radical (unpaired) electrons. The minimum Gasteiger partial charge on any atom is -0.495 e. The summed E-state index contributed by atoms with van der Waals surface area (Å²) in [6.45, 7) is 2.92. The van der Waals surface area contributed by atoms with Crippen LogP contribution in [-0.2, 0) is 4.79 Å². The molecule has 4 N–H and O–H groups in total. The number of carbonyl (C=O) groups excluding carboxylic acids is 1. The van der Waals surface area contributed by atoms with Gasteiger partial charge < -0.3 is 24.7 Å². The Kier molecular flexibility index (Phi) is 7.03. The van der Waals surface area contributed by atoms with Gasteiger partial charge in [-0.2, -0.15) is 0 Å². The second-order valence-corrected chi connectivity index (χ2v) is 6.55. The number of rotatable bonds is 9. The molecule has 0 saturated heterocycles. The molecule has 1 aromatic carbocycles. The van der Waals surface area contributed by atoms with E-state index in [1.165, 1.54) is 4.90 Å². The predicted molar refractivity (Wildman–Crippen MR) is 96.8 cm³/mol. The number of carbonyl (C=O) groups is 1. The van der Waals surface area contributed by atoms with Gasteiger partial charge in [-0.1, -0.05) is 12.1 Å². The second kappa shape index (κ2) is 9.25. The summed E-state index contributed by atoms with van der Waals surface area (Å²) in [6, 6.07) is 11.8. The Morgan fingerprint density at radius 1 is 1.28 bits per heavy atom. The lowest BCUT2D eigenvalue weighted by atomic mass is 10.1. The molecule has 0 unspecified atom stereocenters. The summed E-state index contributed by atoms with van der Waals surface area (Å²) in [7, 11) is 5.82. The molecule has 2 rings (SSSR count). The third kappa shape index (κ3) is 5.62. The number of ether oxygens (including phenoxy) is 1. The highest BCUT2D eigenvalue weighted by Crippen LogP contribution is 2.23. The van der Waals surface area contributed by atoms with Gasteiger partial charge in [0.15, 0.2) is 11.8 Å². The lowest BCUT2D eigenvalue weighted by Crippen LogP contribution is -3.10. The summed E-state index contributed by atoms with van der Waals surface area (Å²) < 4.78 is 10.8. The number of hydrogen-bond donors (Lipinski definition) is 3. The molecule has 2 aromatic rings. The Labute approximate surface area is 149 Å². The first-order valence-electron chi connectivity index (χ1n) is 8.61. The van der Waals surface area contributed by atoms with Gasteiger partial charge in [-0.3, -0.25) is 4.79 Å². The number of nitrogens with two attached hydrogens (primary N) is 1. The van der Waals surface area contributed by atoms with Crippen molar-refractivity contribution in [2.75, 3.05) is 33.1 Å². The van der Waals surface area contributed by atoms with Crippen LogP contribution in [0.25, 0.3) is 0 Å². The topological polar surface area (TPSA) is 72.5 Å². The van der Waals surface area contributed by atoms with E-state index in [0.717, 1.165) is 12.3 Å². The molecule has 136 valence electrons. The molecule has 0 aliphatic heterocycles. The molecule has 0 aliphatic rings. The fraction of sp³-hybridized carbons (Fsp3) is 0.421. The van der Waals surface area contributed by atoms with Crippen molar-refractivity contribution in [1.29, 1.82) is 0 Å². The van der Waals surface area contributed by atoms with E-state index in [2.05, 4.69) is 31.7 Å². The number of quaternary nitrogens is 2. The zero-order chi connectivity index (χ0) is 18.2. The number of benzene rings is 1. The van der Waals surface area contributed by atoms with Gasteiger partial charge in [-0.05, 0) is 31.2 Å². The smallest absolute Gasteiger partial charge is 0.230 e. The third-order valence-corrected chi connectivity index (χ3v) is 4.25. The van der Waals surface area contributed by atoms with Gasteiger partial charge in [-0.25, -0.2) is 0 Å².